The first-order valence-corrected chi connectivity index (χ1v) is 19.4. The number of carbonyl (C=O) groups is 2. The number of thioether (sulfide) groups is 1. The van der Waals surface area contributed by atoms with Crippen molar-refractivity contribution in [3.63, 3.8) is 0 Å². The first kappa shape index (κ1) is 37.0. The summed E-state index contributed by atoms with van der Waals surface area (Å²) < 4.78 is 33.8. The van der Waals surface area contributed by atoms with Crippen LogP contribution in [0.4, 0.5) is 21.9 Å². The van der Waals surface area contributed by atoms with E-state index in [1.807, 2.05) is 72.9 Å². The number of benzene rings is 3. The molecule has 14 heteroatoms. The van der Waals surface area contributed by atoms with Crippen molar-refractivity contribution < 1.29 is 27.7 Å². The maximum Gasteiger partial charge on any atom is 0.410 e. The molecule has 0 unspecified atom stereocenters. The van der Waals surface area contributed by atoms with Crippen LogP contribution >= 0.6 is 11.8 Å². The largest absolute Gasteiger partial charge is 0.444 e. The number of carbonyl (C=O) groups excluding carboxylic acids is 2. The first-order chi connectivity index (χ1) is 23.8. The van der Waals surface area contributed by atoms with Gasteiger partial charge in [0.15, 0.2) is 0 Å². The number of nitro benzene ring substituents is 1. The highest BCUT2D eigenvalue weighted by Gasteiger charge is 2.32. The first-order valence-electron chi connectivity index (χ1n) is 16.9. The van der Waals surface area contributed by atoms with Gasteiger partial charge in [0.05, 0.1) is 9.82 Å². The number of nitrogens with one attached hydrogen (secondary N) is 2. The van der Waals surface area contributed by atoms with E-state index in [1.165, 1.54) is 12.1 Å². The Balaban J connectivity index is 1.11. The molecule has 2 saturated heterocycles. The zero-order chi connectivity index (χ0) is 35.9. The average Bonchev–Trinajstić information content (AvgIpc) is 3.10. The van der Waals surface area contributed by atoms with Crippen molar-refractivity contribution in [1.29, 1.82) is 0 Å². The lowest BCUT2D eigenvalue weighted by Gasteiger charge is -2.41. The van der Waals surface area contributed by atoms with Crippen molar-refractivity contribution in [2.45, 2.75) is 61.8 Å². The summed E-state index contributed by atoms with van der Waals surface area (Å²) in [4.78, 5) is 41.3. The van der Waals surface area contributed by atoms with E-state index in [9.17, 15) is 28.1 Å². The van der Waals surface area contributed by atoms with E-state index in [0.29, 0.717) is 37.2 Å². The van der Waals surface area contributed by atoms with Crippen LogP contribution < -0.4 is 14.9 Å². The highest BCUT2D eigenvalue weighted by molar-refractivity contribution is 7.99. The van der Waals surface area contributed by atoms with Crippen molar-refractivity contribution in [1.82, 2.24) is 9.62 Å². The van der Waals surface area contributed by atoms with Crippen LogP contribution in [0.25, 0.3) is 0 Å². The zero-order valence-electron chi connectivity index (χ0n) is 28.7. The van der Waals surface area contributed by atoms with Crippen LogP contribution in [0.2, 0.25) is 0 Å². The minimum Gasteiger partial charge on any atom is -0.444 e. The molecule has 2 fully saturated rings. The molecule has 268 valence electrons. The number of piperidine rings is 2. The molecule has 3 aromatic carbocycles. The van der Waals surface area contributed by atoms with Crippen LogP contribution in [0.1, 0.15) is 56.8 Å². The Morgan fingerprint density at radius 3 is 2.14 bits per heavy atom. The highest BCUT2D eigenvalue weighted by atomic mass is 32.2. The fourth-order valence-corrected chi connectivity index (χ4v) is 8.21. The van der Waals surface area contributed by atoms with E-state index in [1.54, 1.807) is 23.9 Å². The number of rotatable bonds is 11. The molecule has 2 aliphatic heterocycles. The van der Waals surface area contributed by atoms with Crippen molar-refractivity contribution in [2.24, 2.45) is 11.8 Å². The van der Waals surface area contributed by atoms with Gasteiger partial charge >= 0.3 is 6.09 Å². The Labute approximate surface area is 298 Å². The maximum atomic E-state index is 13.1. The van der Waals surface area contributed by atoms with Crippen molar-refractivity contribution in [3.05, 3.63) is 88.5 Å². The standard InChI is InChI=1S/C36H45N5O7S2/c1-36(2,3)48-35(43)40-22-17-27(18-23-40)26-15-20-39(21-16-26)29-11-9-28(10-12-29)34(42)38-50(46,47)31-13-14-32(33(25-31)41(44)45)37-19-24-49-30-7-5-4-6-8-30/h4-14,25-27,37H,15-24H2,1-3H3,(H,38,42). The van der Waals surface area contributed by atoms with Crippen LogP contribution in [0.3, 0.4) is 0 Å². The highest BCUT2D eigenvalue weighted by Crippen LogP contribution is 2.34. The number of sulfonamides is 1. The average molecular weight is 724 g/mol. The number of hydrogen-bond donors (Lipinski definition) is 2. The van der Waals surface area contributed by atoms with E-state index in [0.717, 1.165) is 55.4 Å². The van der Waals surface area contributed by atoms with Crippen LogP contribution in [0.15, 0.2) is 82.6 Å². The molecule has 2 aliphatic rings. The molecule has 2 N–H and O–H groups in total. The van der Waals surface area contributed by atoms with E-state index in [2.05, 4.69) is 10.2 Å². The summed E-state index contributed by atoms with van der Waals surface area (Å²) in [5, 5.41) is 14.8. The number of amides is 2. The summed E-state index contributed by atoms with van der Waals surface area (Å²) in [6.45, 7) is 9.23. The SMILES string of the molecule is CC(C)(C)OC(=O)N1CCC(C2CCN(c3ccc(C(=O)NS(=O)(=O)c4ccc(NCCSc5ccccc5)c([N+](=O)[O-])c4)cc3)CC2)CC1. The van der Waals surface area contributed by atoms with Gasteiger partial charge in [0, 0.05) is 60.7 Å². The van der Waals surface area contributed by atoms with Crippen LogP contribution in [0, 0.1) is 22.0 Å². The van der Waals surface area contributed by atoms with Crippen molar-refractivity contribution in [2.75, 3.05) is 48.7 Å². The second-order valence-corrected chi connectivity index (χ2v) is 16.5. The summed E-state index contributed by atoms with van der Waals surface area (Å²) >= 11 is 1.59. The molecule has 2 amide bonds. The molecule has 0 atom stereocenters. The van der Waals surface area contributed by atoms with E-state index < -0.39 is 32.1 Å². The number of anilines is 2. The number of hydrogen-bond acceptors (Lipinski definition) is 10. The van der Waals surface area contributed by atoms with Gasteiger partial charge in [-0.15, -0.1) is 11.8 Å². The maximum absolute atomic E-state index is 13.1. The number of ether oxygens (including phenoxy) is 1. The topological polar surface area (TPSA) is 151 Å². The number of likely N-dealkylation sites (tertiary alicyclic amines) is 1. The van der Waals surface area contributed by atoms with Gasteiger partial charge in [0.2, 0.25) is 0 Å². The monoisotopic (exact) mass is 723 g/mol. The van der Waals surface area contributed by atoms with Crippen molar-refractivity contribution in [3.8, 4) is 0 Å². The van der Waals surface area contributed by atoms with Gasteiger partial charge in [-0.3, -0.25) is 14.9 Å². The minimum absolute atomic E-state index is 0.160. The van der Waals surface area contributed by atoms with E-state index >= 15 is 0 Å². The number of nitro groups is 1. The Kier molecular flexibility index (Phi) is 11.9. The minimum atomic E-state index is -4.38. The summed E-state index contributed by atoms with van der Waals surface area (Å²) in [5.74, 6) is 0.978. The molecule has 0 spiro atoms. The smallest absolute Gasteiger partial charge is 0.410 e. The molecule has 0 aliphatic carbocycles. The summed E-state index contributed by atoms with van der Waals surface area (Å²) in [6, 6.07) is 20.1. The Morgan fingerprint density at radius 1 is 0.920 bits per heavy atom. The number of nitrogens with zero attached hydrogens (tertiary/aromatic N) is 3. The second kappa shape index (κ2) is 16.2. The second-order valence-electron chi connectivity index (χ2n) is 13.6. The summed E-state index contributed by atoms with van der Waals surface area (Å²) in [5.41, 5.74) is 0.400. The fourth-order valence-electron chi connectivity index (χ4n) is 6.42. The van der Waals surface area contributed by atoms with Crippen molar-refractivity contribution >= 4 is 50.8 Å². The molecule has 3 aromatic rings. The summed E-state index contributed by atoms with van der Waals surface area (Å²) in [7, 11) is -4.38. The quantitative estimate of drug-likeness (QED) is 0.0938. The lowest BCUT2D eigenvalue weighted by Crippen LogP contribution is -2.44. The molecule has 2 heterocycles. The van der Waals surface area contributed by atoms with Gasteiger partial charge in [-0.05, 0) is 107 Å². The molecule has 0 radical (unpaired) electrons. The predicted molar refractivity (Wildman–Crippen MR) is 195 cm³/mol. The van der Waals surface area contributed by atoms with Gasteiger partial charge in [-0.1, -0.05) is 18.2 Å². The Hall–Kier alpha value is -4.30. The van der Waals surface area contributed by atoms with Gasteiger partial charge < -0.3 is 19.9 Å². The lowest BCUT2D eigenvalue weighted by molar-refractivity contribution is -0.384. The van der Waals surface area contributed by atoms with Gasteiger partial charge in [-0.2, -0.15) is 0 Å². The van der Waals surface area contributed by atoms with Crippen LogP contribution in [0.5, 0.6) is 0 Å². The molecular weight excluding hydrogens is 679 g/mol. The summed E-state index contributed by atoms with van der Waals surface area (Å²) in [6.07, 6.45) is 3.77. The Morgan fingerprint density at radius 2 is 1.54 bits per heavy atom. The Bertz CT molecular complexity index is 1750. The third-order valence-corrected chi connectivity index (χ3v) is 11.4. The molecule has 0 aromatic heterocycles. The van der Waals surface area contributed by atoms with Crippen LogP contribution in [-0.2, 0) is 14.8 Å². The fraction of sp³-hybridized carbons (Fsp3) is 0.444. The molecule has 0 saturated carbocycles. The lowest BCUT2D eigenvalue weighted by atomic mass is 9.79. The third-order valence-electron chi connectivity index (χ3n) is 9.02. The molecular formula is C36H45N5O7S2. The van der Waals surface area contributed by atoms with Gasteiger partial charge in [-0.25, -0.2) is 17.9 Å². The molecule has 0 bridgehead atoms. The third kappa shape index (κ3) is 9.90. The predicted octanol–water partition coefficient (Wildman–Crippen LogP) is 6.78. The van der Waals surface area contributed by atoms with Gasteiger partial charge in [0.1, 0.15) is 11.3 Å². The van der Waals surface area contributed by atoms with Crippen LogP contribution in [-0.4, -0.2) is 74.3 Å². The molecule has 12 nitrogen and oxygen atoms in total. The normalized spacial score (nSPS) is 16.1. The van der Waals surface area contributed by atoms with E-state index in [4.69, 9.17) is 4.74 Å². The van der Waals surface area contributed by atoms with E-state index in [-0.39, 0.29) is 22.2 Å². The molecule has 5 rings (SSSR count). The zero-order valence-corrected chi connectivity index (χ0v) is 30.3. The van der Waals surface area contributed by atoms with Gasteiger partial charge in [0.25, 0.3) is 21.6 Å². The molecule has 50 heavy (non-hydrogen) atoms.